The topological polar surface area (TPSA) is 78.6 Å². The molecule has 0 aliphatic heterocycles. The summed E-state index contributed by atoms with van der Waals surface area (Å²) in [6.07, 6.45) is 7.27. The molecule has 6 heteroatoms. The van der Waals surface area contributed by atoms with Crippen molar-refractivity contribution in [2.75, 3.05) is 18.5 Å². The summed E-state index contributed by atoms with van der Waals surface area (Å²) in [5, 5.41) is 16.6. The molecule has 2 aromatic heterocycles. The zero-order valence-corrected chi connectivity index (χ0v) is 9.98. The average molecular weight is 240 g/mol. The van der Waals surface area contributed by atoms with E-state index in [-0.39, 0.29) is 0 Å². The summed E-state index contributed by atoms with van der Waals surface area (Å²) in [6.45, 7) is 0.738. The van der Waals surface area contributed by atoms with Crippen molar-refractivity contribution in [1.29, 1.82) is 5.26 Å². The van der Waals surface area contributed by atoms with Crippen LogP contribution in [0.1, 0.15) is 11.3 Å². The van der Waals surface area contributed by atoms with Crippen molar-refractivity contribution in [3.05, 3.63) is 42.1 Å². The highest BCUT2D eigenvalue weighted by Crippen LogP contribution is 2.09. The first-order valence-electron chi connectivity index (χ1n) is 5.48. The van der Waals surface area contributed by atoms with Crippen molar-refractivity contribution in [2.24, 2.45) is 0 Å². The van der Waals surface area contributed by atoms with Gasteiger partial charge in [0.2, 0.25) is 0 Å². The maximum absolute atomic E-state index is 8.80. The highest BCUT2D eigenvalue weighted by molar-refractivity contribution is 5.42. The molecule has 0 unspecified atom stereocenters. The standard InChI is InChI=1S/C12H12N6/c1-18(5-2-11-9-14-3-4-15-11)12-6-10(7-13)8-16-17-12/h3-4,6,8-9H,2,5H2,1H3. The Balaban J connectivity index is 1.99. The smallest absolute Gasteiger partial charge is 0.152 e. The minimum Gasteiger partial charge on any atom is -0.358 e. The molecule has 0 aliphatic carbocycles. The van der Waals surface area contributed by atoms with Gasteiger partial charge in [0.05, 0.1) is 17.5 Å². The molecule has 90 valence electrons. The van der Waals surface area contributed by atoms with Gasteiger partial charge < -0.3 is 4.90 Å². The van der Waals surface area contributed by atoms with E-state index in [1.807, 2.05) is 18.0 Å². The summed E-state index contributed by atoms with van der Waals surface area (Å²) >= 11 is 0. The van der Waals surface area contributed by atoms with Gasteiger partial charge in [-0.15, -0.1) is 5.10 Å². The largest absolute Gasteiger partial charge is 0.358 e. The minimum atomic E-state index is 0.506. The maximum atomic E-state index is 8.80. The molecule has 0 saturated heterocycles. The average Bonchev–Trinajstić information content (AvgIpc) is 2.46. The normalized spacial score (nSPS) is 9.78. The van der Waals surface area contributed by atoms with Gasteiger partial charge >= 0.3 is 0 Å². The summed E-state index contributed by atoms with van der Waals surface area (Å²) in [5.41, 5.74) is 1.43. The molecule has 0 aromatic carbocycles. The zero-order valence-electron chi connectivity index (χ0n) is 9.98. The third-order valence-electron chi connectivity index (χ3n) is 2.48. The Morgan fingerprint density at radius 1 is 1.33 bits per heavy atom. The molecule has 0 saturated carbocycles. The Morgan fingerprint density at radius 2 is 2.22 bits per heavy atom. The number of likely N-dealkylation sites (N-methyl/N-ethyl adjacent to an activating group) is 1. The lowest BCUT2D eigenvalue weighted by Gasteiger charge is -2.16. The van der Waals surface area contributed by atoms with Gasteiger partial charge in [0, 0.05) is 44.7 Å². The van der Waals surface area contributed by atoms with Crippen LogP contribution < -0.4 is 4.90 Å². The van der Waals surface area contributed by atoms with Gasteiger partial charge in [-0.3, -0.25) is 9.97 Å². The first-order valence-corrected chi connectivity index (χ1v) is 5.48. The quantitative estimate of drug-likeness (QED) is 0.787. The van der Waals surface area contributed by atoms with Gasteiger partial charge in [-0.05, 0) is 0 Å². The third-order valence-corrected chi connectivity index (χ3v) is 2.48. The van der Waals surface area contributed by atoms with E-state index < -0.39 is 0 Å². The summed E-state index contributed by atoms with van der Waals surface area (Å²) in [5.74, 6) is 0.679. The predicted molar refractivity (Wildman–Crippen MR) is 65.8 cm³/mol. The van der Waals surface area contributed by atoms with E-state index in [0.29, 0.717) is 11.4 Å². The van der Waals surface area contributed by atoms with Crippen LogP contribution >= 0.6 is 0 Å². The van der Waals surface area contributed by atoms with Crippen LogP contribution in [-0.2, 0) is 6.42 Å². The molecule has 0 amide bonds. The fourth-order valence-corrected chi connectivity index (χ4v) is 1.46. The predicted octanol–water partition coefficient (Wildman–Crippen LogP) is 0.817. The van der Waals surface area contributed by atoms with Crippen molar-refractivity contribution < 1.29 is 0 Å². The molecule has 0 radical (unpaired) electrons. The molecule has 0 N–H and O–H groups in total. The number of rotatable bonds is 4. The molecule has 0 atom stereocenters. The first-order chi connectivity index (χ1) is 8.79. The molecule has 0 aliphatic rings. The maximum Gasteiger partial charge on any atom is 0.152 e. The zero-order chi connectivity index (χ0) is 12.8. The second-order valence-corrected chi connectivity index (χ2v) is 3.78. The van der Waals surface area contributed by atoms with Crippen molar-refractivity contribution in [2.45, 2.75) is 6.42 Å². The lowest BCUT2D eigenvalue weighted by molar-refractivity contribution is 0.817. The summed E-state index contributed by atoms with van der Waals surface area (Å²) in [4.78, 5) is 10.1. The fraction of sp³-hybridized carbons (Fsp3) is 0.250. The van der Waals surface area contributed by atoms with Gasteiger partial charge in [0.15, 0.2) is 5.82 Å². The van der Waals surface area contributed by atoms with Crippen molar-refractivity contribution in [3.8, 4) is 6.07 Å². The molecule has 0 spiro atoms. The van der Waals surface area contributed by atoms with Crippen LogP contribution in [0.15, 0.2) is 30.9 Å². The minimum absolute atomic E-state index is 0.506. The van der Waals surface area contributed by atoms with E-state index in [2.05, 4.69) is 20.2 Å². The van der Waals surface area contributed by atoms with E-state index in [9.17, 15) is 0 Å². The Hall–Kier alpha value is -2.55. The van der Waals surface area contributed by atoms with Gasteiger partial charge in [0.1, 0.15) is 6.07 Å². The molecular formula is C12H12N6. The highest BCUT2D eigenvalue weighted by atomic mass is 15.2. The number of hydrogen-bond acceptors (Lipinski definition) is 6. The fourth-order valence-electron chi connectivity index (χ4n) is 1.46. The van der Waals surface area contributed by atoms with Crippen LogP contribution in [0.4, 0.5) is 5.82 Å². The Bertz CT molecular complexity index is 548. The van der Waals surface area contributed by atoms with Gasteiger partial charge in [-0.25, -0.2) is 0 Å². The van der Waals surface area contributed by atoms with E-state index in [4.69, 9.17) is 5.26 Å². The molecular weight excluding hydrogens is 228 g/mol. The van der Waals surface area contributed by atoms with E-state index in [0.717, 1.165) is 18.7 Å². The van der Waals surface area contributed by atoms with Gasteiger partial charge in [0.25, 0.3) is 0 Å². The van der Waals surface area contributed by atoms with Gasteiger partial charge in [-0.1, -0.05) is 0 Å². The van der Waals surface area contributed by atoms with Crippen LogP contribution in [-0.4, -0.2) is 33.8 Å². The van der Waals surface area contributed by atoms with Crippen LogP contribution in [0.3, 0.4) is 0 Å². The molecule has 6 nitrogen and oxygen atoms in total. The summed E-state index contributed by atoms with van der Waals surface area (Å²) in [6, 6.07) is 3.76. The number of anilines is 1. The molecule has 18 heavy (non-hydrogen) atoms. The monoisotopic (exact) mass is 240 g/mol. The Kier molecular flexibility index (Phi) is 3.76. The number of nitrogens with zero attached hydrogens (tertiary/aromatic N) is 6. The van der Waals surface area contributed by atoms with Crippen LogP contribution in [0.2, 0.25) is 0 Å². The lowest BCUT2D eigenvalue weighted by Crippen LogP contribution is -2.22. The molecule has 0 bridgehead atoms. The Labute approximate surface area is 105 Å². The number of hydrogen-bond donors (Lipinski definition) is 0. The van der Waals surface area contributed by atoms with Crippen LogP contribution in [0, 0.1) is 11.3 Å². The molecule has 2 aromatic rings. The Morgan fingerprint density at radius 3 is 2.94 bits per heavy atom. The number of aromatic nitrogens is 4. The molecule has 0 fully saturated rings. The van der Waals surface area contributed by atoms with Crippen LogP contribution in [0.25, 0.3) is 0 Å². The first kappa shape index (κ1) is 11.9. The molecule has 2 rings (SSSR count). The third kappa shape index (κ3) is 2.98. The van der Waals surface area contributed by atoms with Crippen molar-refractivity contribution in [3.63, 3.8) is 0 Å². The second-order valence-electron chi connectivity index (χ2n) is 3.78. The summed E-state index contributed by atoms with van der Waals surface area (Å²) < 4.78 is 0. The SMILES string of the molecule is CN(CCc1cnccn1)c1cc(C#N)cnn1. The van der Waals surface area contributed by atoms with Crippen molar-refractivity contribution >= 4 is 5.82 Å². The van der Waals surface area contributed by atoms with Crippen LogP contribution in [0.5, 0.6) is 0 Å². The number of nitriles is 1. The van der Waals surface area contributed by atoms with Crippen molar-refractivity contribution in [1.82, 2.24) is 20.2 Å². The lowest BCUT2D eigenvalue weighted by atomic mass is 10.3. The van der Waals surface area contributed by atoms with E-state index >= 15 is 0 Å². The van der Waals surface area contributed by atoms with E-state index in [1.165, 1.54) is 6.20 Å². The van der Waals surface area contributed by atoms with E-state index in [1.54, 1.807) is 24.7 Å². The summed E-state index contributed by atoms with van der Waals surface area (Å²) in [7, 11) is 1.90. The second kappa shape index (κ2) is 5.68. The van der Waals surface area contributed by atoms with Gasteiger partial charge in [-0.2, -0.15) is 10.4 Å². The highest BCUT2D eigenvalue weighted by Gasteiger charge is 2.05. The molecule has 2 heterocycles.